The lowest BCUT2D eigenvalue weighted by molar-refractivity contribution is 0.0886. The minimum atomic E-state index is -0.144. The summed E-state index contributed by atoms with van der Waals surface area (Å²) in [4.78, 5) is 14.7. The highest BCUT2D eigenvalue weighted by Gasteiger charge is 2.29. The Labute approximate surface area is 134 Å². The normalized spacial score (nSPS) is 11.9. The molecular formula is C17H31N3O2. The fourth-order valence-electron chi connectivity index (χ4n) is 2.65. The van der Waals surface area contributed by atoms with Crippen molar-refractivity contribution in [3.63, 3.8) is 0 Å². The molecule has 0 aliphatic heterocycles. The second kappa shape index (κ2) is 8.93. The first-order valence-corrected chi connectivity index (χ1v) is 8.50. The predicted octanol–water partition coefficient (Wildman–Crippen LogP) is 3.12. The largest absolute Gasteiger partial charge is 0.361 e. The van der Waals surface area contributed by atoms with Gasteiger partial charge < -0.3 is 14.7 Å². The van der Waals surface area contributed by atoms with Gasteiger partial charge in [-0.15, -0.1) is 0 Å². The molecule has 0 unspecified atom stereocenters. The number of nitrogens with one attached hydrogen (secondary N) is 1. The highest BCUT2D eigenvalue weighted by molar-refractivity contribution is 5.92. The highest BCUT2D eigenvalue weighted by atomic mass is 16.5. The van der Waals surface area contributed by atoms with Crippen LogP contribution < -0.4 is 5.32 Å². The van der Waals surface area contributed by atoms with Crippen LogP contribution in [-0.4, -0.2) is 42.1 Å². The summed E-state index contributed by atoms with van der Waals surface area (Å²) in [5.74, 6) is 0.597. The number of hydrogen-bond donors (Lipinski definition) is 1. The molecule has 0 saturated heterocycles. The SMILES string of the molecule is CCc1cc(C(=O)NCC(CC)(CC)CN(CC)CC)no1. The van der Waals surface area contributed by atoms with E-state index in [-0.39, 0.29) is 11.3 Å². The summed E-state index contributed by atoms with van der Waals surface area (Å²) in [6, 6.07) is 1.72. The maximum absolute atomic E-state index is 12.2. The van der Waals surface area contributed by atoms with Crippen molar-refractivity contribution in [1.29, 1.82) is 0 Å². The standard InChI is InChI=1S/C17H31N3O2/c1-6-14-11-15(19-22-14)16(21)18-12-17(7-2,8-3)13-20(9-4)10-5/h11H,6-10,12-13H2,1-5H3,(H,18,21). The lowest BCUT2D eigenvalue weighted by atomic mass is 9.81. The van der Waals surface area contributed by atoms with Gasteiger partial charge in [0.25, 0.3) is 5.91 Å². The molecule has 0 aliphatic rings. The van der Waals surface area contributed by atoms with Crippen LogP contribution in [0.15, 0.2) is 10.6 Å². The van der Waals surface area contributed by atoms with Crippen molar-refractivity contribution < 1.29 is 9.32 Å². The van der Waals surface area contributed by atoms with Crippen LogP contribution in [0.2, 0.25) is 0 Å². The molecular weight excluding hydrogens is 278 g/mol. The number of carbonyl (C=O) groups is 1. The Morgan fingerprint density at radius 1 is 1.23 bits per heavy atom. The second-order valence-electron chi connectivity index (χ2n) is 5.88. The molecule has 0 radical (unpaired) electrons. The smallest absolute Gasteiger partial charge is 0.273 e. The van der Waals surface area contributed by atoms with Gasteiger partial charge in [-0.3, -0.25) is 4.79 Å². The van der Waals surface area contributed by atoms with Crippen LogP contribution in [0.1, 0.15) is 63.7 Å². The summed E-state index contributed by atoms with van der Waals surface area (Å²) in [6.07, 6.45) is 2.83. The number of aromatic nitrogens is 1. The quantitative estimate of drug-likeness (QED) is 0.721. The van der Waals surface area contributed by atoms with E-state index in [1.54, 1.807) is 6.07 Å². The number of aryl methyl sites for hydroxylation is 1. The van der Waals surface area contributed by atoms with Gasteiger partial charge in [0.1, 0.15) is 5.76 Å². The summed E-state index contributed by atoms with van der Waals surface area (Å²) >= 11 is 0. The highest BCUT2D eigenvalue weighted by Crippen LogP contribution is 2.27. The molecule has 0 fully saturated rings. The zero-order valence-corrected chi connectivity index (χ0v) is 14.7. The van der Waals surface area contributed by atoms with Crippen LogP contribution in [0.5, 0.6) is 0 Å². The van der Waals surface area contributed by atoms with Gasteiger partial charge in [-0.25, -0.2) is 0 Å². The third kappa shape index (κ3) is 4.83. The monoisotopic (exact) mass is 309 g/mol. The first kappa shape index (κ1) is 18.7. The maximum Gasteiger partial charge on any atom is 0.273 e. The lowest BCUT2D eigenvalue weighted by Crippen LogP contribution is -2.45. The zero-order chi connectivity index (χ0) is 16.6. The minimum Gasteiger partial charge on any atom is -0.361 e. The van der Waals surface area contributed by atoms with E-state index in [1.165, 1.54) is 0 Å². The predicted molar refractivity (Wildman–Crippen MR) is 89.0 cm³/mol. The van der Waals surface area contributed by atoms with E-state index in [0.29, 0.717) is 12.2 Å². The Kier molecular flexibility index (Phi) is 7.59. The van der Waals surface area contributed by atoms with Crippen LogP contribution in [0.3, 0.4) is 0 Å². The minimum absolute atomic E-state index is 0.110. The molecule has 22 heavy (non-hydrogen) atoms. The van der Waals surface area contributed by atoms with Crippen LogP contribution in [0.4, 0.5) is 0 Å². The molecule has 0 bridgehead atoms. The molecule has 1 heterocycles. The number of rotatable bonds is 10. The molecule has 1 aromatic rings. The fourth-order valence-corrected chi connectivity index (χ4v) is 2.65. The van der Waals surface area contributed by atoms with Gasteiger partial charge in [-0.1, -0.05) is 39.8 Å². The third-order valence-electron chi connectivity index (χ3n) is 4.72. The molecule has 0 atom stereocenters. The van der Waals surface area contributed by atoms with E-state index in [0.717, 1.165) is 44.7 Å². The number of amides is 1. The van der Waals surface area contributed by atoms with E-state index < -0.39 is 0 Å². The summed E-state index contributed by atoms with van der Waals surface area (Å²) in [5, 5.41) is 6.88. The van der Waals surface area contributed by atoms with Crippen molar-refractivity contribution in [2.24, 2.45) is 5.41 Å². The van der Waals surface area contributed by atoms with Crippen LogP contribution in [-0.2, 0) is 6.42 Å². The fraction of sp³-hybridized carbons (Fsp3) is 0.765. The van der Waals surface area contributed by atoms with Gasteiger partial charge in [0, 0.05) is 25.6 Å². The molecule has 1 aromatic heterocycles. The van der Waals surface area contributed by atoms with Crippen molar-refractivity contribution in [2.75, 3.05) is 26.2 Å². The van der Waals surface area contributed by atoms with Crippen LogP contribution in [0.25, 0.3) is 0 Å². The average Bonchev–Trinajstić information content (AvgIpc) is 3.04. The molecule has 5 heteroatoms. The number of hydrogen-bond acceptors (Lipinski definition) is 4. The maximum atomic E-state index is 12.2. The lowest BCUT2D eigenvalue weighted by Gasteiger charge is -2.36. The number of carbonyl (C=O) groups excluding carboxylic acids is 1. The van der Waals surface area contributed by atoms with E-state index in [9.17, 15) is 4.79 Å². The topological polar surface area (TPSA) is 58.4 Å². The van der Waals surface area contributed by atoms with E-state index in [2.05, 4.69) is 43.1 Å². The summed E-state index contributed by atoms with van der Waals surface area (Å²) in [6.45, 7) is 14.5. The molecule has 0 saturated carbocycles. The average molecular weight is 309 g/mol. The van der Waals surface area contributed by atoms with Gasteiger partial charge in [0.15, 0.2) is 5.69 Å². The summed E-state index contributed by atoms with van der Waals surface area (Å²) in [7, 11) is 0. The number of nitrogens with zero attached hydrogens (tertiary/aromatic N) is 2. The van der Waals surface area contributed by atoms with E-state index in [4.69, 9.17) is 4.52 Å². The van der Waals surface area contributed by atoms with Crippen molar-refractivity contribution >= 4 is 5.91 Å². The van der Waals surface area contributed by atoms with Crippen molar-refractivity contribution in [1.82, 2.24) is 15.4 Å². The third-order valence-corrected chi connectivity index (χ3v) is 4.72. The van der Waals surface area contributed by atoms with Crippen LogP contribution in [0, 0.1) is 5.41 Å². The Bertz CT molecular complexity index is 449. The Morgan fingerprint density at radius 3 is 2.32 bits per heavy atom. The van der Waals surface area contributed by atoms with Crippen LogP contribution >= 0.6 is 0 Å². The molecule has 0 spiro atoms. The van der Waals surface area contributed by atoms with Gasteiger partial charge in [-0.2, -0.15) is 0 Å². The Balaban J connectivity index is 2.68. The van der Waals surface area contributed by atoms with Gasteiger partial charge in [0.05, 0.1) is 0 Å². The Morgan fingerprint density at radius 2 is 1.86 bits per heavy atom. The van der Waals surface area contributed by atoms with Gasteiger partial charge in [0.2, 0.25) is 0 Å². The van der Waals surface area contributed by atoms with Gasteiger partial charge in [-0.05, 0) is 31.3 Å². The Hall–Kier alpha value is -1.36. The molecule has 1 N–H and O–H groups in total. The van der Waals surface area contributed by atoms with Crippen molar-refractivity contribution in [3.8, 4) is 0 Å². The molecule has 5 nitrogen and oxygen atoms in total. The van der Waals surface area contributed by atoms with E-state index in [1.807, 2.05) is 6.92 Å². The molecule has 1 rings (SSSR count). The first-order valence-electron chi connectivity index (χ1n) is 8.50. The van der Waals surface area contributed by atoms with E-state index >= 15 is 0 Å². The molecule has 1 amide bonds. The summed E-state index contributed by atoms with van der Waals surface area (Å²) in [5.41, 5.74) is 0.486. The summed E-state index contributed by atoms with van der Waals surface area (Å²) < 4.78 is 5.10. The molecule has 0 aliphatic carbocycles. The van der Waals surface area contributed by atoms with Gasteiger partial charge >= 0.3 is 0 Å². The molecule has 126 valence electrons. The molecule has 0 aromatic carbocycles. The van der Waals surface area contributed by atoms with Crippen molar-refractivity contribution in [2.45, 2.75) is 53.9 Å². The zero-order valence-electron chi connectivity index (χ0n) is 14.7. The second-order valence-corrected chi connectivity index (χ2v) is 5.88. The first-order chi connectivity index (χ1) is 10.5. The van der Waals surface area contributed by atoms with Crippen molar-refractivity contribution in [3.05, 3.63) is 17.5 Å².